The molecule has 0 amide bonds. The van der Waals surface area contributed by atoms with Crippen molar-refractivity contribution in [3.63, 3.8) is 0 Å². The van der Waals surface area contributed by atoms with E-state index in [4.69, 9.17) is 6.57 Å². The molecule has 4 heteroatoms. The summed E-state index contributed by atoms with van der Waals surface area (Å²) in [5.74, 6) is 0. The standard InChI is InChI=1S/C11H12N4/c1-11(2,3)8-6-14-10-9(15-8)7(12-4)5-13-10/h5-6H,1-3H3,(H,13,14). The minimum absolute atomic E-state index is 0.0439. The van der Waals surface area contributed by atoms with Gasteiger partial charge in [0.1, 0.15) is 11.2 Å². The summed E-state index contributed by atoms with van der Waals surface area (Å²) in [5, 5.41) is 0. The third-order valence-corrected chi connectivity index (χ3v) is 2.25. The minimum Gasteiger partial charge on any atom is -0.356 e. The summed E-state index contributed by atoms with van der Waals surface area (Å²) in [5.41, 5.74) is 2.73. The van der Waals surface area contributed by atoms with E-state index in [1.807, 2.05) is 0 Å². The van der Waals surface area contributed by atoms with E-state index in [0.29, 0.717) is 16.9 Å². The van der Waals surface area contributed by atoms with Gasteiger partial charge >= 0.3 is 0 Å². The number of aromatic amines is 1. The largest absolute Gasteiger partial charge is 0.356 e. The van der Waals surface area contributed by atoms with E-state index < -0.39 is 0 Å². The maximum atomic E-state index is 7.01. The quantitative estimate of drug-likeness (QED) is 0.664. The molecule has 0 aromatic carbocycles. The molecule has 0 aliphatic rings. The molecule has 0 aliphatic carbocycles. The minimum atomic E-state index is -0.0439. The van der Waals surface area contributed by atoms with Gasteiger partial charge < -0.3 is 4.98 Å². The van der Waals surface area contributed by atoms with E-state index in [-0.39, 0.29) is 5.41 Å². The van der Waals surface area contributed by atoms with E-state index in [2.05, 4.69) is 40.6 Å². The van der Waals surface area contributed by atoms with Gasteiger partial charge in [-0.1, -0.05) is 20.8 Å². The fraction of sp³-hybridized carbons (Fsp3) is 0.364. The maximum Gasteiger partial charge on any atom is 0.231 e. The van der Waals surface area contributed by atoms with Crippen molar-refractivity contribution in [2.24, 2.45) is 0 Å². The van der Waals surface area contributed by atoms with Gasteiger partial charge in [-0.2, -0.15) is 0 Å². The van der Waals surface area contributed by atoms with Gasteiger partial charge in [-0.25, -0.2) is 9.83 Å². The Hall–Kier alpha value is -1.89. The highest BCUT2D eigenvalue weighted by Gasteiger charge is 2.17. The van der Waals surface area contributed by atoms with Crippen molar-refractivity contribution in [1.29, 1.82) is 0 Å². The molecule has 0 fully saturated rings. The van der Waals surface area contributed by atoms with E-state index in [9.17, 15) is 0 Å². The lowest BCUT2D eigenvalue weighted by Gasteiger charge is -2.16. The van der Waals surface area contributed by atoms with Crippen LogP contribution < -0.4 is 0 Å². The van der Waals surface area contributed by atoms with Crippen molar-refractivity contribution < 1.29 is 0 Å². The number of aromatic nitrogens is 3. The van der Waals surface area contributed by atoms with Crippen LogP contribution in [0.5, 0.6) is 0 Å². The van der Waals surface area contributed by atoms with E-state index >= 15 is 0 Å². The summed E-state index contributed by atoms with van der Waals surface area (Å²) in [7, 11) is 0. The zero-order valence-electron chi connectivity index (χ0n) is 9.00. The molecule has 0 radical (unpaired) electrons. The van der Waals surface area contributed by atoms with Crippen LogP contribution in [0, 0.1) is 6.57 Å². The Kier molecular flexibility index (Phi) is 1.97. The molecule has 2 rings (SSSR count). The maximum absolute atomic E-state index is 7.01. The second-order valence-electron chi connectivity index (χ2n) is 4.49. The summed E-state index contributed by atoms with van der Waals surface area (Å²) in [4.78, 5) is 15.1. The highest BCUT2D eigenvalue weighted by molar-refractivity contribution is 5.86. The van der Waals surface area contributed by atoms with Gasteiger partial charge in [0.05, 0.1) is 18.5 Å². The van der Waals surface area contributed by atoms with Crippen LogP contribution in [0.15, 0.2) is 12.4 Å². The first-order chi connectivity index (χ1) is 7.02. The van der Waals surface area contributed by atoms with Crippen LogP contribution in [0.3, 0.4) is 0 Å². The fourth-order valence-corrected chi connectivity index (χ4v) is 1.32. The van der Waals surface area contributed by atoms with Crippen LogP contribution in [0.25, 0.3) is 16.0 Å². The Morgan fingerprint density at radius 1 is 1.40 bits per heavy atom. The normalized spacial score (nSPS) is 11.6. The van der Waals surface area contributed by atoms with Crippen LogP contribution in [-0.2, 0) is 5.41 Å². The highest BCUT2D eigenvalue weighted by Crippen LogP contribution is 2.26. The van der Waals surface area contributed by atoms with Gasteiger partial charge in [-0.15, -0.1) is 0 Å². The molecule has 0 saturated carbocycles. The van der Waals surface area contributed by atoms with E-state index in [0.717, 1.165) is 5.69 Å². The van der Waals surface area contributed by atoms with Crippen molar-refractivity contribution in [2.45, 2.75) is 26.2 Å². The smallest absolute Gasteiger partial charge is 0.231 e. The predicted octanol–water partition coefficient (Wildman–Crippen LogP) is 2.81. The molecular formula is C11H12N4. The Bertz CT molecular complexity index is 540. The third-order valence-electron chi connectivity index (χ3n) is 2.25. The molecule has 2 aromatic rings. The van der Waals surface area contributed by atoms with Crippen LogP contribution in [-0.4, -0.2) is 15.0 Å². The first kappa shape index (κ1) is 9.66. The number of hydrogen-bond acceptors (Lipinski definition) is 2. The molecule has 0 spiro atoms. The van der Waals surface area contributed by atoms with Crippen LogP contribution in [0.1, 0.15) is 26.5 Å². The molecule has 1 N–H and O–H groups in total. The molecule has 0 aliphatic heterocycles. The fourth-order valence-electron chi connectivity index (χ4n) is 1.32. The zero-order valence-corrected chi connectivity index (χ0v) is 9.00. The van der Waals surface area contributed by atoms with Gasteiger partial charge in [-0.05, 0) is 0 Å². The molecule has 0 bridgehead atoms. The van der Waals surface area contributed by atoms with Crippen LogP contribution in [0.4, 0.5) is 5.69 Å². The second kappa shape index (κ2) is 3.06. The lowest BCUT2D eigenvalue weighted by Crippen LogP contribution is -2.13. The van der Waals surface area contributed by atoms with Crippen LogP contribution in [0.2, 0.25) is 0 Å². The van der Waals surface area contributed by atoms with E-state index in [1.165, 1.54) is 0 Å². The molecule has 0 saturated heterocycles. The van der Waals surface area contributed by atoms with Gasteiger partial charge in [0, 0.05) is 11.6 Å². The van der Waals surface area contributed by atoms with Crippen molar-refractivity contribution in [2.75, 3.05) is 0 Å². The summed E-state index contributed by atoms with van der Waals surface area (Å²) in [6.45, 7) is 13.2. The average molecular weight is 200 g/mol. The van der Waals surface area contributed by atoms with Crippen molar-refractivity contribution in [3.05, 3.63) is 29.5 Å². The monoisotopic (exact) mass is 200 g/mol. The van der Waals surface area contributed by atoms with Gasteiger partial charge in [0.2, 0.25) is 5.69 Å². The van der Waals surface area contributed by atoms with Gasteiger partial charge in [0.15, 0.2) is 0 Å². The Morgan fingerprint density at radius 2 is 2.13 bits per heavy atom. The summed E-state index contributed by atoms with van der Waals surface area (Å²) < 4.78 is 0. The van der Waals surface area contributed by atoms with Crippen molar-refractivity contribution in [1.82, 2.24) is 15.0 Å². The first-order valence-electron chi connectivity index (χ1n) is 4.74. The molecule has 2 aromatic heterocycles. The zero-order chi connectivity index (χ0) is 11.1. The Balaban J connectivity index is 2.69. The Morgan fingerprint density at radius 3 is 2.73 bits per heavy atom. The summed E-state index contributed by atoms with van der Waals surface area (Å²) in [6, 6.07) is 0. The topological polar surface area (TPSA) is 45.9 Å². The number of nitrogens with one attached hydrogen (secondary N) is 1. The predicted molar refractivity (Wildman–Crippen MR) is 58.9 cm³/mol. The molecule has 2 heterocycles. The SMILES string of the molecule is [C-]#[N+]c1c[nH]c2ncc(C(C)(C)C)nc12. The lowest BCUT2D eigenvalue weighted by molar-refractivity contribution is 0.569. The number of hydrogen-bond donors (Lipinski definition) is 1. The Labute approximate surface area is 88.2 Å². The first-order valence-corrected chi connectivity index (χ1v) is 4.74. The molecular weight excluding hydrogens is 188 g/mol. The molecule has 15 heavy (non-hydrogen) atoms. The number of nitrogens with zero attached hydrogens (tertiary/aromatic N) is 3. The highest BCUT2D eigenvalue weighted by atomic mass is 14.9. The van der Waals surface area contributed by atoms with E-state index in [1.54, 1.807) is 12.4 Å². The van der Waals surface area contributed by atoms with Gasteiger partial charge in [0.25, 0.3) is 0 Å². The molecule has 76 valence electrons. The lowest BCUT2D eigenvalue weighted by atomic mass is 9.93. The molecule has 0 atom stereocenters. The summed E-state index contributed by atoms with van der Waals surface area (Å²) in [6.07, 6.45) is 3.40. The number of fused-ring (bicyclic) bond motifs is 1. The third kappa shape index (κ3) is 1.57. The number of rotatable bonds is 0. The summed E-state index contributed by atoms with van der Waals surface area (Å²) >= 11 is 0. The van der Waals surface area contributed by atoms with Crippen molar-refractivity contribution >= 4 is 16.9 Å². The van der Waals surface area contributed by atoms with Gasteiger partial charge in [-0.3, -0.25) is 4.98 Å². The average Bonchev–Trinajstić information content (AvgIpc) is 2.57. The number of H-pyrrole nitrogens is 1. The molecule has 4 nitrogen and oxygen atoms in total. The molecule has 0 unspecified atom stereocenters. The van der Waals surface area contributed by atoms with Crippen molar-refractivity contribution in [3.8, 4) is 0 Å². The van der Waals surface area contributed by atoms with Crippen LogP contribution >= 0.6 is 0 Å². The second-order valence-corrected chi connectivity index (χ2v) is 4.49.